The number of carbonyl (C=O) groups is 2. The van der Waals surface area contributed by atoms with Crippen molar-refractivity contribution in [2.75, 3.05) is 43.1 Å². The van der Waals surface area contributed by atoms with Crippen LogP contribution in [0.15, 0.2) is 61.2 Å². The molecule has 1 aromatic carbocycles. The van der Waals surface area contributed by atoms with Gasteiger partial charge in [-0.25, -0.2) is 9.97 Å². The van der Waals surface area contributed by atoms with Gasteiger partial charge in [0.1, 0.15) is 12.5 Å². The smallest absolute Gasteiger partial charge is 0.255 e. The summed E-state index contributed by atoms with van der Waals surface area (Å²) in [5, 5.41) is 3.38. The second-order valence-electron chi connectivity index (χ2n) is 10.6. The molecular formula is C30H35N7O3. The Morgan fingerprint density at radius 3 is 2.75 bits per heavy atom. The molecule has 1 N–H and O–H groups in total. The first-order chi connectivity index (χ1) is 19.5. The molecule has 3 aromatic rings. The fraction of sp³-hybridized carbons (Fsp3) is 0.400. The lowest BCUT2D eigenvalue weighted by Gasteiger charge is -2.33. The molecule has 10 nitrogen and oxygen atoms in total. The standard InChI is InChI=1S/C30H35N7O3/c1-22-5-2-3-11-37(22)28(38)18-23-6-4-7-25(17-23)36-20-26(29-31-10-12-35(29)21-36)33-27-9-8-24(19-32-27)30(39)34-13-15-40-16-14-34/h4,6-10,12,17,19-20,22H,2-3,5,11,13-16,18,21H2,1H3,(H,32,33). The van der Waals surface area contributed by atoms with E-state index in [1.54, 1.807) is 23.4 Å². The molecule has 0 bridgehead atoms. The maximum atomic E-state index is 13.0. The molecule has 1 unspecified atom stereocenters. The van der Waals surface area contributed by atoms with Gasteiger partial charge < -0.3 is 29.3 Å². The summed E-state index contributed by atoms with van der Waals surface area (Å²) in [4.78, 5) is 40.8. The molecular weight excluding hydrogens is 506 g/mol. The topological polar surface area (TPSA) is 95.8 Å². The van der Waals surface area contributed by atoms with Crippen molar-refractivity contribution in [1.29, 1.82) is 0 Å². The van der Waals surface area contributed by atoms with E-state index in [1.807, 2.05) is 35.5 Å². The Kier molecular flexibility index (Phi) is 7.50. The van der Waals surface area contributed by atoms with Gasteiger partial charge in [-0.1, -0.05) is 12.1 Å². The molecule has 208 valence electrons. The van der Waals surface area contributed by atoms with Crippen LogP contribution in [0.2, 0.25) is 0 Å². The van der Waals surface area contributed by atoms with E-state index in [-0.39, 0.29) is 11.8 Å². The highest BCUT2D eigenvalue weighted by atomic mass is 16.5. The summed E-state index contributed by atoms with van der Waals surface area (Å²) in [6.07, 6.45) is 11.1. The number of carbonyl (C=O) groups excluding carboxylic acids is 2. The second kappa shape index (κ2) is 11.5. The van der Waals surface area contributed by atoms with Gasteiger partial charge in [0.2, 0.25) is 5.91 Å². The largest absolute Gasteiger partial charge is 0.378 e. The number of piperidine rings is 1. The number of pyridine rings is 1. The Bertz CT molecular complexity index is 1390. The Morgan fingerprint density at radius 2 is 1.95 bits per heavy atom. The summed E-state index contributed by atoms with van der Waals surface area (Å²) in [5.74, 6) is 1.58. The average Bonchev–Trinajstić information content (AvgIpc) is 3.47. The summed E-state index contributed by atoms with van der Waals surface area (Å²) in [6, 6.07) is 12.1. The van der Waals surface area contributed by atoms with Crippen molar-refractivity contribution in [3.05, 3.63) is 78.1 Å². The van der Waals surface area contributed by atoms with Gasteiger partial charge in [-0.15, -0.1) is 0 Å². The van der Waals surface area contributed by atoms with Gasteiger partial charge in [0.15, 0.2) is 5.82 Å². The second-order valence-corrected chi connectivity index (χ2v) is 10.6. The number of nitrogens with one attached hydrogen (secondary N) is 1. The lowest BCUT2D eigenvalue weighted by molar-refractivity contribution is -0.133. The van der Waals surface area contributed by atoms with Crippen molar-refractivity contribution in [2.24, 2.45) is 0 Å². The van der Waals surface area contributed by atoms with Crippen molar-refractivity contribution in [3.8, 4) is 0 Å². The van der Waals surface area contributed by atoms with E-state index < -0.39 is 0 Å². The zero-order valence-corrected chi connectivity index (χ0v) is 22.8. The third kappa shape index (κ3) is 5.58. The van der Waals surface area contributed by atoms with Crippen LogP contribution in [0.1, 0.15) is 47.9 Å². The van der Waals surface area contributed by atoms with E-state index in [9.17, 15) is 9.59 Å². The molecule has 2 aromatic heterocycles. The monoisotopic (exact) mass is 541 g/mol. The highest BCUT2D eigenvalue weighted by Crippen LogP contribution is 2.27. The Hall–Kier alpha value is -4.18. The minimum atomic E-state index is -0.0333. The van der Waals surface area contributed by atoms with Gasteiger partial charge in [-0.05, 0) is 56.0 Å². The van der Waals surface area contributed by atoms with E-state index in [0.29, 0.717) is 56.8 Å². The Morgan fingerprint density at radius 1 is 1.07 bits per heavy atom. The highest BCUT2D eigenvalue weighted by Gasteiger charge is 2.24. The minimum absolute atomic E-state index is 0.0333. The molecule has 40 heavy (non-hydrogen) atoms. The minimum Gasteiger partial charge on any atom is -0.378 e. The molecule has 6 rings (SSSR count). The number of amides is 2. The van der Waals surface area contributed by atoms with Gasteiger partial charge in [0, 0.05) is 56.2 Å². The molecule has 0 saturated carbocycles. The van der Waals surface area contributed by atoms with Crippen LogP contribution in [0.25, 0.3) is 5.70 Å². The molecule has 2 amide bonds. The normalized spacial score (nSPS) is 19.2. The molecule has 10 heteroatoms. The number of imidazole rings is 1. The molecule has 5 heterocycles. The van der Waals surface area contributed by atoms with Crippen LogP contribution in [0.3, 0.4) is 0 Å². The van der Waals surface area contributed by atoms with E-state index in [1.165, 1.54) is 6.42 Å². The average molecular weight is 542 g/mol. The molecule has 3 aliphatic heterocycles. The van der Waals surface area contributed by atoms with Gasteiger partial charge >= 0.3 is 0 Å². The number of fused-ring (bicyclic) bond motifs is 1. The molecule has 2 fully saturated rings. The van der Waals surface area contributed by atoms with E-state index in [2.05, 4.69) is 43.8 Å². The van der Waals surface area contributed by atoms with Gasteiger partial charge in [0.25, 0.3) is 5.91 Å². The highest BCUT2D eigenvalue weighted by molar-refractivity contribution is 5.94. The predicted octanol–water partition coefficient (Wildman–Crippen LogP) is 3.58. The number of nitrogens with zero attached hydrogens (tertiary/aromatic N) is 6. The van der Waals surface area contributed by atoms with Crippen molar-refractivity contribution in [1.82, 2.24) is 24.3 Å². The maximum Gasteiger partial charge on any atom is 0.255 e. The van der Waals surface area contributed by atoms with Gasteiger partial charge in [-0.2, -0.15) is 0 Å². The first-order valence-corrected chi connectivity index (χ1v) is 14.0. The van der Waals surface area contributed by atoms with Crippen LogP contribution >= 0.6 is 0 Å². The first-order valence-electron chi connectivity index (χ1n) is 14.0. The maximum absolute atomic E-state index is 13.0. The number of hydrogen-bond acceptors (Lipinski definition) is 7. The fourth-order valence-electron chi connectivity index (χ4n) is 5.60. The summed E-state index contributed by atoms with van der Waals surface area (Å²) in [7, 11) is 0. The van der Waals surface area contributed by atoms with Crippen molar-refractivity contribution < 1.29 is 14.3 Å². The Labute approximate surface area is 234 Å². The molecule has 3 aliphatic rings. The van der Waals surface area contributed by atoms with Crippen molar-refractivity contribution in [3.63, 3.8) is 0 Å². The summed E-state index contributed by atoms with van der Waals surface area (Å²) < 4.78 is 7.41. The first kappa shape index (κ1) is 26.1. The summed E-state index contributed by atoms with van der Waals surface area (Å²) in [5.41, 5.74) is 3.34. The quantitative estimate of drug-likeness (QED) is 0.510. The van der Waals surface area contributed by atoms with Crippen LogP contribution in [0.5, 0.6) is 0 Å². The lowest BCUT2D eigenvalue weighted by Crippen LogP contribution is -2.42. The van der Waals surface area contributed by atoms with Crippen LogP contribution in [0, 0.1) is 0 Å². The van der Waals surface area contributed by atoms with Gasteiger partial charge in [-0.3, -0.25) is 9.59 Å². The molecule has 0 radical (unpaired) electrons. The number of ether oxygens (including phenoxy) is 1. The molecule has 1 atom stereocenters. The fourth-order valence-corrected chi connectivity index (χ4v) is 5.60. The Balaban J connectivity index is 1.18. The molecule has 2 saturated heterocycles. The number of morpholine rings is 1. The lowest BCUT2D eigenvalue weighted by atomic mass is 10.0. The van der Waals surface area contributed by atoms with Crippen LogP contribution in [-0.2, 0) is 22.6 Å². The number of likely N-dealkylation sites (tertiary alicyclic amines) is 1. The number of rotatable bonds is 6. The van der Waals surface area contributed by atoms with Crippen LogP contribution in [-0.4, -0.2) is 75.0 Å². The zero-order valence-electron chi connectivity index (χ0n) is 22.8. The molecule has 0 aliphatic carbocycles. The van der Waals surface area contributed by atoms with Crippen LogP contribution < -0.4 is 10.2 Å². The van der Waals surface area contributed by atoms with E-state index >= 15 is 0 Å². The SMILES string of the molecule is CC1CCCCN1C(=O)Cc1cccc(N2C=C(Nc3ccc(C(=O)N4CCOCC4)cn3)c3nccn3C2)c1. The van der Waals surface area contributed by atoms with E-state index in [0.717, 1.165) is 42.2 Å². The van der Waals surface area contributed by atoms with E-state index in [4.69, 9.17) is 4.74 Å². The van der Waals surface area contributed by atoms with Gasteiger partial charge in [0.05, 0.1) is 30.9 Å². The predicted molar refractivity (Wildman–Crippen MR) is 152 cm³/mol. The third-order valence-electron chi connectivity index (χ3n) is 7.84. The number of aromatic nitrogens is 3. The van der Waals surface area contributed by atoms with Crippen LogP contribution in [0.4, 0.5) is 11.5 Å². The summed E-state index contributed by atoms with van der Waals surface area (Å²) in [6.45, 7) is 5.91. The molecule has 0 spiro atoms. The third-order valence-corrected chi connectivity index (χ3v) is 7.84. The summed E-state index contributed by atoms with van der Waals surface area (Å²) >= 11 is 0. The van der Waals surface area contributed by atoms with Crippen molar-refractivity contribution in [2.45, 2.75) is 45.3 Å². The number of hydrogen-bond donors (Lipinski definition) is 1. The number of benzene rings is 1. The van der Waals surface area contributed by atoms with Crippen molar-refractivity contribution >= 4 is 29.0 Å². The zero-order chi connectivity index (χ0) is 27.5. The number of anilines is 2.